The van der Waals surface area contributed by atoms with Gasteiger partial charge in [-0.15, -0.1) is 0 Å². The van der Waals surface area contributed by atoms with E-state index in [1.807, 2.05) is 25.2 Å². The van der Waals surface area contributed by atoms with Gasteiger partial charge >= 0.3 is 17.9 Å². The fraction of sp³-hybridized carbons (Fsp3) is 0.618. The highest BCUT2D eigenvalue weighted by atomic mass is 16.6. The average molecular weight is 599 g/mol. The highest BCUT2D eigenvalue weighted by Gasteiger charge is 2.49. The van der Waals surface area contributed by atoms with E-state index in [2.05, 4.69) is 19.6 Å². The Bertz CT molecular complexity index is 1130. The molecular formula is C34H46O9. The van der Waals surface area contributed by atoms with Crippen LogP contribution in [0.2, 0.25) is 0 Å². The third kappa shape index (κ3) is 10.9. The van der Waals surface area contributed by atoms with Crippen LogP contribution in [0.3, 0.4) is 0 Å². The van der Waals surface area contributed by atoms with Crippen LogP contribution in [0.1, 0.15) is 72.6 Å². The monoisotopic (exact) mass is 598 g/mol. The zero-order valence-corrected chi connectivity index (χ0v) is 25.8. The van der Waals surface area contributed by atoms with Gasteiger partial charge in [-0.1, -0.05) is 55.0 Å². The largest absolute Gasteiger partial charge is 0.459 e. The standard InChI is InChI=1S/C34H46O9/c1-21-14-15-38-27(17-21)12-13-29(39-24(4)35)30-20-32-34(43-32)31(40-25(5)36)19-23(3)16-22(2)18-28-10-6-8-26(41-28)9-7-11-33(37)42-30/h6-8,11-14,22,26-32,34H,3,9-10,15-20H2,1-2,4-5H3/b11-7-,13-12+/t22-,26-,27+,28-,29?,30-,31-,32+,34-/m0/s1. The molecule has 4 aliphatic rings. The lowest BCUT2D eigenvalue weighted by atomic mass is 9.90. The summed E-state index contributed by atoms with van der Waals surface area (Å²) in [7, 11) is 0. The van der Waals surface area contributed by atoms with E-state index in [1.54, 1.807) is 12.2 Å². The summed E-state index contributed by atoms with van der Waals surface area (Å²) in [5, 5.41) is 0. The van der Waals surface area contributed by atoms with E-state index >= 15 is 0 Å². The molecule has 4 rings (SSSR count). The minimum Gasteiger partial charge on any atom is -0.459 e. The smallest absolute Gasteiger partial charge is 0.330 e. The molecule has 0 aromatic rings. The first-order valence-corrected chi connectivity index (χ1v) is 15.4. The molecule has 0 aromatic heterocycles. The quantitative estimate of drug-likeness (QED) is 0.181. The number of carbonyl (C=O) groups is 3. The Labute approximate surface area is 254 Å². The molecule has 9 nitrogen and oxygen atoms in total. The maximum absolute atomic E-state index is 13.0. The van der Waals surface area contributed by atoms with Gasteiger partial charge in [0.25, 0.3) is 0 Å². The molecule has 1 unspecified atom stereocenters. The van der Waals surface area contributed by atoms with E-state index in [0.717, 1.165) is 31.3 Å². The lowest BCUT2D eigenvalue weighted by molar-refractivity contribution is -0.160. The van der Waals surface area contributed by atoms with Gasteiger partial charge in [0, 0.05) is 32.8 Å². The van der Waals surface area contributed by atoms with Crippen molar-refractivity contribution in [3.05, 3.63) is 60.3 Å². The second-order valence-electron chi connectivity index (χ2n) is 12.2. The Morgan fingerprint density at radius 2 is 1.88 bits per heavy atom. The van der Waals surface area contributed by atoms with Crippen LogP contribution in [-0.4, -0.2) is 73.3 Å². The topological polar surface area (TPSA) is 110 Å². The van der Waals surface area contributed by atoms with Gasteiger partial charge in [-0.25, -0.2) is 4.79 Å². The fourth-order valence-corrected chi connectivity index (χ4v) is 6.05. The highest BCUT2D eigenvalue weighted by molar-refractivity contribution is 5.82. The third-order valence-electron chi connectivity index (χ3n) is 8.02. The third-order valence-corrected chi connectivity index (χ3v) is 8.02. The Balaban J connectivity index is 1.57. The molecule has 0 saturated carbocycles. The number of cyclic esters (lactones) is 1. The predicted octanol–water partition coefficient (Wildman–Crippen LogP) is 5.25. The second kappa shape index (κ2) is 15.6. The number of hydrogen-bond donors (Lipinski definition) is 0. The van der Waals surface area contributed by atoms with E-state index in [4.69, 9.17) is 28.4 Å². The van der Waals surface area contributed by atoms with Gasteiger partial charge in [0.2, 0.25) is 0 Å². The van der Waals surface area contributed by atoms with E-state index in [1.165, 1.54) is 25.5 Å². The molecule has 0 radical (unpaired) electrons. The molecule has 1 saturated heterocycles. The van der Waals surface area contributed by atoms with Gasteiger partial charge in [-0.2, -0.15) is 0 Å². The van der Waals surface area contributed by atoms with E-state index in [0.29, 0.717) is 25.4 Å². The molecule has 4 aliphatic heterocycles. The Hall–Kier alpha value is -3.01. The van der Waals surface area contributed by atoms with Crippen molar-refractivity contribution in [1.29, 1.82) is 0 Å². The lowest BCUT2D eigenvalue weighted by Gasteiger charge is -2.28. The number of fused-ring (bicyclic) bond motifs is 3. The molecule has 1 fully saturated rings. The van der Waals surface area contributed by atoms with Crippen LogP contribution >= 0.6 is 0 Å². The van der Waals surface area contributed by atoms with Crippen molar-refractivity contribution in [1.82, 2.24) is 0 Å². The summed E-state index contributed by atoms with van der Waals surface area (Å²) in [4.78, 5) is 37.2. The van der Waals surface area contributed by atoms with Crippen molar-refractivity contribution in [3.8, 4) is 0 Å². The summed E-state index contributed by atoms with van der Waals surface area (Å²) >= 11 is 0. The maximum atomic E-state index is 13.0. The molecule has 0 amide bonds. The minimum atomic E-state index is -0.867. The van der Waals surface area contributed by atoms with Crippen LogP contribution in [0.25, 0.3) is 0 Å². The van der Waals surface area contributed by atoms with Gasteiger partial charge in [-0.05, 0) is 51.0 Å². The summed E-state index contributed by atoms with van der Waals surface area (Å²) in [6.07, 6.45) is 14.1. The number of carbonyl (C=O) groups excluding carboxylic acids is 3. The summed E-state index contributed by atoms with van der Waals surface area (Å²) < 4.78 is 35.3. The van der Waals surface area contributed by atoms with Gasteiger partial charge in [0.1, 0.15) is 18.3 Å². The van der Waals surface area contributed by atoms with Crippen LogP contribution in [0, 0.1) is 5.92 Å². The lowest BCUT2D eigenvalue weighted by Crippen LogP contribution is -2.36. The first-order chi connectivity index (χ1) is 20.5. The van der Waals surface area contributed by atoms with Gasteiger partial charge in [0.05, 0.1) is 31.0 Å². The number of hydrogen-bond acceptors (Lipinski definition) is 9. The molecule has 9 heteroatoms. The summed E-state index contributed by atoms with van der Waals surface area (Å²) in [5.74, 6) is -1.14. The first kappa shape index (κ1) is 32.9. The normalized spacial score (nSPS) is 35.4. The number of epoxide rings is 1. The zero-order valence-electron chi connectivity index (χ0n) is 25.8. The Kier molecular flexibility index (Phi) is 12.0. The van der Waals surface area contributed by atoms with Gasteiger partial charge in [0.15, 0.2) is 6.10 Å². The van der Waals surface area contributed by atoms with Crippen molar-refractivity contribution in [2.45, 2.75) is 121 Å². The first-order valence-electron chi connectivity index (χ1n) is 15.4. The van der Waals surface area contributed by atoms with Gasteiger partial charge < -0.3 is 28.4 Å². The number of rotatable bonds is 5. The van der Waals surface area contributed by atoms with Crippen LogP contribution < -0.4 is 0 Å². The van der Waals surface area contributed by atoms with E-state index in [-0.39, 0.29) is 30.8 Å². The van der Waals surface area contributed by atoms with Crippen molar-refractivity contribution < 1.29 is 42.8 Å². The van der Waals surface area contributed by atoms with E-state index in [9.17, 15) is 14.4 Å². The molecule has 0 N–H and O–H groups in total. The summed E-state index contributed by atoms with van der Waals surface area (Å²) in [6.45, 7) is 11.7. The molecular weight excluding hydrogens is 552 g/mol. The van der Waals surface area contributed by atoms with Crippen LogP contribution in [0.5, 0.6) is 0 Å². The summed E-state index contributed by atoms with van der Waals surface area (Å²) in [5.41, 5.74) is 2.18. The molecule has 0 aromatic carbocycles. The molecule has 9 atom stereocenters. The molecule has 2 bridgehead atoms. The van der Waals surface area contributed by atoms with Gasteiger partial charge in [-0.3, -0.25) is 9.59 Å². The van der Waals surface area contributed by atoms with Crippen LogP contribution in [-0.2, 0) is 42.8 Å². The van der Waals surface area contributed by atoms with Crippen LogP contribution in [0.15, 0.2) is 60.3 Å². The highest BCUT2D eigenvalue weighted by Crippen LogP contribution is 2.37. The Morgan fingerprint density at radius 1 is 1.07 bits per heavy atom. The SMILES string of the molecule is C=C1C[C@H](C)C[C@@H]2CC=C[C@@H](C/C=C\C(=O)O[C@H](C(/C=C/[C@@H]3CC(C)=CCO3)OC(C)=O)C[C@H]3O[C@H]3[C@@H](OC(C)=O)C1)O2. The molecule has 0 spiro atoms. The van der Waals surface area contributed by atoms with Crippen molar-refractivity contribution in [3.63, 3.8) is 0 Å². The molecule has 43 heavy (non-hydrogen) atoms. The molecule has 0 aliphatic carbocycles. The van der Waals surface area contributed by atoms with Crippen LogP contribution in [0.4, 0.5) is 0 Å². The predicted molar refractivity (Wildman–Crippen MR) is 160 cm³/mol. The van der Waals surface area contributed by atoms with E-state index < -0.39 is 42.3 Å². The fourth-order valence-electron chi connectivity index (χ4n) is 6.05. The van der Waals surface area contributed by atoms with Crippen molar-refractivity contribution >= 4 is 17.9 Å². The number of ether oxygens (including phenoxy) is 6. The molecule has 236 valence electrons. The number of esters is 3. The van der Waals surface area contributed by atoms with Crippen molar-refractivity contribution in [2.75, 3.05) is 6.61 Å². The zero-order chi connectivity index (χ0) is 30.9. The minimum absolute atomic E-state index is 0.0746. The maximum Gasteiger partial charge on any atom is 0.330 e. The second-order valence-corrected chi connectivity index (χ2v) is 12.2. The van der Waals surface area contributed by atoms with Crippen molar-refractivity contribution in [2.24, 2.45) is 5.92 Å². The average Bonchev–Trinajstić information content (AvgIpc) is 3.68. The summed E-state index contributed by atoms with van der Waals surface area (Å²) in [6, 6.07) is 0. The Morgan fingerprint density at radius 3 is 2.63 bits per heavy atom. The molecule has 4 heterocycles.